The van der Waals surface area contributed by atoms with E-state index < -0.39 is 0 Å². The molecule has 86 valence electrons. The molecule has 0 spiro atoms. The fourth-order valence-electron chi connectivity index (χ4n) is 1.79. The quantitative estimate of drug-likeness (QED) is 0.828. The highest BCUT2D eigenvalue weighted by atomic mass is 15.3. The third-order valence-corrected chi connectivity index (χ3v) is 2.91. The molecule has 16 heavy (non-hydrogen) atoms. The number of fused-ring (bicyclic) bond motifs is 1. The van der Waals surface area contributed by atoms with Gasteiger partial charge in [-0.05, 0) is 13.3 Å². The Morgan fingerprint density at radius 1 is 1.50 bits per heavy atom. The van der Waals surface area contributed by atoms with Crippen LogP contribution in [0, 0.1) is 0 Å². The average molecular weight is 219 g/mol. The first-order valence-corrected chi connectivity index (χ1v) is 5.48. The van der Waals surface area contributed by atoms with Crippen molar-refractivity contribution in [1.82, 2.24) is 14.8 Å². The van der Waals surface area contributed by atoms with Crippen LogP contribution in [-0.2, 0) is 0 Å². The standard InChI is InChI=1S/C11H17N5/c1-4-7(2)16-11-8(5-15-16)10(13-3)9(12)6-14-11/h5-7H,4,12H2,1-3H3,(H,13,14). The van der Waals surface area contributed by atoms with Crippen molar-refractivity contribution in [2.24, 2.45) is 0 Å². The van der Waals surface area contributed by atoms with Crippen LogP contribution in [0.5, 0.6) is 0 Å². The van der Waals surface area contributed by atoms with Crippen molar-refractivity contribution < 1.29 is 0 Å². The Labute approximate surface area is 94.7 Å². The van der Waals surface area contributed by atoms with Gasteiger partial charge in [0.1, 0.15) is 0 Å². The van der Waals surface area contributed by atoms with Crippen LogP contribution in [0.15, 0.2) is 12.4 Å². The highest BCUT2D eigenvalue weighted by Gasteiger charge is 2.13. The topological polar surface area (TPSA) is 68.8 Å². The van der Waals surface area contributed by atoms with Gasteiger partial charge in [0.2, 0.25) is 0 Å². The highest BCUT2D eigenvalue weighted by molar-refractivity contribution is 5.95. The Balaban J connectivity index is 2.66. The number of nitrogens with two attached hydrogens (primary N) is 1. The third kappa shape index (κ3) is 1.48. The lowest BCUT2D eigenvalue weighted by atomic mass is 10.2. The second kappa shape index (κ2) is 4.00. The number of pyridine rings is 1. The van der Waals surface area contributed by atoms with Crippen molar-refractivity contribution in [1.29, 1.82) is 0 Å². The summed E-state index contributed by atoms with van der Waals surface area (Å²) in [4.78, 5) is 4.35. The number of hydrogen-bond donors (Lipinski definition) is 2. The van der Waals surface area contributed by atoms with Gasteiger partial charge in [0.15, 0.2) is 5.65 Å². The molecule has 0 saturated heterocycles. The van der Waals surface area contributed by atoms with Crippen LogP contribution in [0.3, 0.4) is 0 Å². The van der Waals surface area contributed by atoms with E-state index in [1.807, 2.05) is 17.9 Å². The van der Waals surface area contributed by atoms with Gasteiger partial charge < -0.3 is 11.1 Å². The van der Waals surface area contributed by atoms with Crippen LogP contribution in [0.2, 0.25) is 0 Å². The summed E-state index contributed by atoms with van der Waals surface area (Å²) in [6, 6.07) is 0.346. The van der Waals surface area contributed by atoms with Gasteiger partial charge in [0.25, 0.3) is 0 Å². The van der Waals surface area contributed by atoms with E-state index in [9.17, 15) is 0 Å². The van der Waals surface area contributed by atoms with Crippen LogP contribution in [0.25, 0.3) is 11.0 Å². The molecule has 5 nitrogen and oxygen atoms in total. The van der Waals surface area contributed by atoms with Crippen LogP contribution in [-0.4, -0.2) is 21.8 Å². The van der Waals surface area contributed by atoms with Crippen molar-refractivity contribution in [2.75, 3.05) is 18.1 Å². The van der Waals surface area contributed by atoms with Gasteiger partial charge in [-0.3, -0.25) is 0 Å². The van der Waals surface area contributed by atoms with E-state index in [4.69, 9.17) is 5.73 Å². The average Bonchev–Trinajstić information content (AvgIpc) is 2.71. The van der Waals surface area contributed by atoms with Crippen molar-refractivity contribution in [3.8, 4) is 0 Å². The van der Waals surface area contributed by atoms with Gasteiger partial charge in [-0.2, -0.15) is 5.10 Å². The number of aromatic nitrogens is 3. The summed E-state index contributed by atoms with van der Waals surface area (Å²) in [5, 5.41) is 8.44. The molecule has 0 saturated carbocycles. The summed E-state index contributed by atoms with van der Waals surface area (Å²) < 4.78 is 1.94. The zero-order valence-electron chi connectivity index (χ0n) is 9.86. The molecule has 0 aromatic carbocycles. The van der Waals surface area contributed by atoms with Crippen molar-refractivity contribution in [3.63, 3.8) is 0 Å². The van der Waals surface area contributed by atoms with Gasteiger partial charge >= 0.3 is 0 Å². The lowest BCUT2D eigenvalue weighted by Gasteiger charge is -2.11. The molecule has 1 atom stereocenters. The van der Waals surface area contributed by atoms with Crippen molar-refractivity contribution >= 4 is 22.4 Å². The van der Waals surface area contributed by atoms with E-state index in [1.165, 1.54) is 0 Å². The lowest BCUT2D eigenvalue weighted by molar-refractivity contribution is 0.490. The summed E-state index contributed by atoms with van der Waals surface area (Å²) in [6.07, 6.45) is 4.52. The van der Waals surface area contributed by atoms with Crippen molar-refractivity contribution in [2.45, 2.75) is 26.3 Å². The van der Waals surface area contributed by atoms with Gasteiger partial charge in [-0.25, -0.2) is 9.67 Å². The zero-order chi connectivity index (χ0) is 11.7. The van der Waals surface area contributed by atoms with Crippen LogP contribution in [0.1, 0.15) is 26.3 Å². The van der Waals surface area contributed by atoms with Gasteiger partial charge in [0, 0.05) is 7.05 Å². The van der Waals surface area contributed by atoms with E-state index in [2.05, 4.69) is 29.2 Å². The summed E-state index contributed by atoms with van der Waals surface area (Å²) in [5.41, 5.74) is 8.29. The smallest absolute Gasteiger partial charge is 0.160 e. The Bertz CT molecular complexity index is 502. The van der Waals surface area contributed by atoms with Gasteiger partial charge in [-0.1, -0.05) is 6.92 Å². The molecule has 0 fully saturated rings. The number of hydrogen-bond acceptors (Lipinski definition) is 4. The highest BCUT2D eigenvalue weighted by Crippen LogP contribution is 2.28. The molecule has 0 amide bonds. The fourth-order valence-corrected chi connectivity index (χ4v) is 1.79. The first-order chi connectivity index (χ1) is 7.69. The Kier molecular flexibility index (Phi) is 2.68. The predicted octanol–water partition coefficient (Wildman–Crippen LogP) is 2.03. The fraction of sp³-hybridized carbons (Fsp3) is 0.455. The monoisotopic (exact) mass is 219 g/mol. The summed E-state index contributed by atoms with van der Waals surface area (Å²) in [6.45, 7) is 4.26. The van der Waals surface area contributed by atoms with Gasteiger partial charge in [0.05, 0.1) is 35.2 Å². The molecule has 0 bridgehead atoms. The predicted molar refractivity (Wildman–Crippen MR) is 66.5 cm³/mol. The summed E-state index contributed by atoms with van der Waals surface area (Å²) in [7, 11) is 1.85. The first-order valence-electron chi connectivity index (χ1n) is 5.48. The first kappa shape index (κ1) is 10.7. The molecule has 2 aromatic heterocycles. The van der Waals surface area contributed by atoms with E-state index in [0.29, 0.717) is 11.7 Å². The largest absolute Gasteiger partial charge is 0.396 e. The minimum absolute atomic E-state index is 0.346. The molecule has 3 N–H and O–H groups in total. The molecule has 2 heterocycles. The molecule has 0 aliphatic rings. The van der Waals surface area contributed by atoms with E-state index in [-0.39, 0.29) is 0 Å². The van der Waals surface area contributed by atoms with Crippen LogP contribution in [0.4, 0.5) is 11.4 Å². The molecule has 2 rings (SSSR count). The molecule has 1 unspecified atom stereocenters. The SMILES string of the molecule is CCC(C)n1ncc2c(NC)c(N)cnc21. The summed E-state index contributed by atoms with van der Waals surface area (Å²) >= 11 is 0. The van der Waals surface area contributed by atoms with E-state index in [1.54, 1.807) is 6.20 Å². The Morgan fingerprint density at radius 2 is 2.25 bits per heavy atom. The van der Waals surface area contributed by atoms with Gasteiger partial charge in [-0.15, -0.1) is 0 Å². The van der Waals surface area contributed by atoms with E-state index in [0.717, 1.165) is 23.1 Å². The van der Waals surface area contributed by atoms with Crippen LogP contribution < -0.4 is 11.1 Å². The maximum atomic E-state index is 5.85. The molecular weight excluding hydrogens is 202 g/mol. The van der Waals surface area contributed by atoms with Crippen LogP contribution >= 0.6 is 0 Å². The molecule has 5 heteroatoms. The van der Waals surface area contributed by atoms with Crippen molar-refractivity contribution in [3.05, 3.63) is 12.4 Å². The second-order valence-electron chi connectivity index (χ2n) is 3.92. The Morgan fingerprint density at radius 3 is 2.88 bits per heavy atom. The molecule has 2 aromatic rings. The molecule has 0 aliphatic heterocycles. The second-order valence-corrected chi connectivity index (χ2v) is 3.92. The number of nitrogens with one attached hydrogen (secondary N) is 1. The molecular formula is C11H17N5. The minimum atomic E-state index is 0.346. The molecule has 0 aliphatic carbocycles. The number of nitrogen functional groups attached to an aromatic ring is 1. The summed E-state index contributed by atoms with van der Waals surface area (Å²) in [5.74, 6) is 0. The lowest BCUT2D eigenvalue weighted by Crippen LogP contribution is -2.06. The minimum Gasteiger partial charge on any atom is -0.396 e. The number of rotatable bonds is 3. The maximum Gasteiger partial charge on any atom is 0.160 e. The Hall–Kier alpha value is -1.78. The van der Waals surface area contributed by atoms with E-state index >= 15 is 0 Å². The third-order valence-electron chi connectivity index (χ3n) is 2.91. The maximum absolute atomic E-state index is 5.85. The molecule has 0 radical (unpaired) electrons. The zero-order valence-corrected chi connectivity index (χ0v) is 9.86. The number of anilines is 2. The normalized spacial score (nSPS) is 12.9. The number of nitrogens with zero attached hydrogens (tertiary/aromatic N) is 3.